The second-order valence-electron chi connectivity index (χ2n) is 5.88. The molecule has 1 saturated carbocycles. The van der Waals surface area contributed by atoms with Crippen molar-refractivity contribution in [2.45, 2.75) is 56.2 Å². The number of hydrogen-bond donors (Lipinski definition) is 1. The molecule has 1 aliphatic carbocycles. The Balaban J connectivity index is 1.79. The Morgan fingerprint density at radius 3 is 2.76 bits per heavy atom. The molecule has 0 aromatic carbocycles. The Morgan fingerprint density at radius 1 is 1.29 bits per heavy atom. The fourth-order valence-electron chi connectivity index (χ4n) is 3.28. The second kappa shape index (κ2) is 6.44. The number of nitrogens with zero attached hydrogens (tertiary/aromatic N) is 1. The molecule has 2 nitrogen and oxygen atoms in total. The average molecular weight is 256 g/mol. The molecule has 0 radical (unpaired) electrons. The lowest BCUT2D eigenvalue weighted by Gasteiger charge is -2.46. The van der Waals surface area contributed by atoms with E-state index in [4.69, 9.17) is 0 Å². The highest BCUT2D eigenvalue weighted by Gasteiger charge is 2.35. The molecule has 0 bridgehead atoms. The topological polar surface area (TPSA) is 15.3 Å². The summed E-state index contributed by atoms with van der Waals surface area (Å²) in [5, 5.41) is 4.63. The number of hydrogen-bond acceptors (Lipinski definition) is 3. The van der Waals surface area contributed by atoms with Gasteiger partial charge in [-0.05, 0) is 32.1 Å². The van der Waals surface area contributed by atoms with E-state index in [0.717, 1.165) is 5.25 Å². The van der Waals surface area contributed by atoms with E-state index in [1.54, 1.807) is 0 Å². The smallest absolute Gasteiger partial charge is 0.0309 e. The molecule has 1 heterocycles. The van der Waals surface area contributed by atoms with Crippen molar-refractivity contribution >= 4 is 11.8 Å². The minimum absolute atomic E-state index is 0.485. The van der Waals surface area contributed by atoms with Gasteiger partial charge in [0.05, 0.1) is 0 Å². The first-order valence-electron chi connectivity index (χ1n) is 7.24. The summed E-state index contributed by atoms with van der Waals surface area (Å²) in [6.45, 7) is 7.40. The van der Waals surface area contributed by atoms with E-state index < -0.39 is 0 Å². The van der Waals surface area contributed by atoms with Crippen LogP contribution in [0.1, 0.15) is 45.4 Å². The van der Waals surface area contributed by atoms with Gasteiger partial charge in [-0.25, -0.2) is 0 Å². The van der Waals surface area contributed by atoms with Crippen molar-refractivity contribution in [1.29, 1.82) is 0 Å². The molecule has 2 rings (SSSR count). The first-order valence-corrected chi connectivity index (χ1v) is 8.53. The molecule has 1 saturated heterocycles. The third kappa shape index (κ3) is 3.87. The SMILES string of the molecule is CSC(C)CCN1CCNC2(CCCCC2)C1. The summed E-state index contributed by atoms with van der Waals surface area (Å²) in [5.74, 6) is 0. The quantitative estimate of drug-likeness (QED) is 0.832. The summed E-state index contributed by atoms with van der Waals surface area (Å²) in [6.07, 6.45) is 10.7. The minimum atomic E-state index is 0.485. The lowest BCUT2D eigenvalue weighted by Crippen LogP contribution is -2.61. The molecule has 2 fully saturated rings. The molecule has 0 aromatic heterocycles. The predicted octanol–water partition coefficient (Wildman–Crippen LogP) is 2.74. The largest absolute Gasteiger partial charge is 0.309 e. The van der Waals surface area contributed by atoms with E-state index in [0.29, 0.717) is 5.54 Å². The van der Waals surface area contributed by atoms with Crippen LogP contribution in [0.15, 0.2) is 0 Å². The van der Waals surface area contributed by atoms with Crippen LogP contribution in [0.3, 0.4) is 0 Å². The first kappa shape index (κ1) is 13.7. The Bertz CT molecular complexity index is 221. The summed E-state index contributed by atoms with van der Waals surface area (Å²) in [6, 6.07) is 0. The maximum absolute atomic E-state index is 3.82. The maximum atomic E-state index is 3.82. The maximum Gasteiger partial charge on any atom is 0.0309 e. The van der Waals surface area contributed by atoms with Gasteiger partial charge >= 0.3 is 0 Å². The summed E-state index contributed by atoms with van der Waals surface area (Å²) in [5.41, 5.74) is 0.485. The summed E-state index contributed by atoms with van der Waals surface area (Å²) < 4.78 is 0. The lowest BCUT2D eigenvalue weighted by molar-refractivity contribution is 0.0988. The second-order valence-corrected chi connectivity index (χ2v) is 7.16. The zero-order valence-corrected chi connectivity index (χ0v) is 12.3. The van der Waals surface area contributed by atoms with Crippen molar-refractivity contribution in [2.75, 3.05) is 32.4 Å². The molecule has 1 spiro atoms. The molecule has 0 amide bonds. The van der Waals surface area contributed by atoms with E-state index in [1.165, 1.54) is 64.7 Å². The van der Waals surface area contributed by atoms with Gasteiger partial charge in [-0.3, -0.25) is 0 Å². The molecular weight excluding hydrogens is 228 g/mol. The molecule has 0 aromatic rings. The molecule has 1 aliphatic heterocycles. The van der Waals surface area contributed by atoms with Crippen LogP contribution >= 0.6 is 11.8 Å². The van der Waals surface area contributed by atoms with Crippen molar-refractivity contribution in [2.24, 2.45) is 0 Å². The Kier molecular flexibility index (Phi) is 5.19. The zero-order valence-electron chi connectivity index (χ0n) is 11.5. The molecule has 1 unspecified atom stereocenters. The van der Waals surface area contributed by atoms with Crippen molar-refractivity contribution in [3.05, 3.63) is 0 Å². The van der Waals surface area contributed by atoms with Crippen LogP contribution in [0.25, 0.3) is 0 Å². The van der Waals surface area contributed by atoms with Gasteiger partial charge in [-0.2, -0.15) is 11.8 Å². The van der Waals surface area contributed by atoms with Gasteiger partial charge in [0.1, 0.15) is 0 Å². The average Bonchev–Trinajstić information content (AvgIpc) is 2.37. The summed E-state index contributed by atoms with van der Waals surface area (Å²) in [7, 11) is 0. The highest BCUT2D eigenvalue weighted by molar-refractivity contribution is 7.99. The lowest BCUT2D eigenvalue weighted by atomic mass is 9.80. The van der Waals surface area contributed by atoms with Gasteiger partial charge in [0.2, 0.25) is 0 Å². The van der Waals surface area contributed by atoms with E-state index in [-0.39, 0.29) is 0 Å². The Hall–Kier alpha value is 0.270. The van der Waals surface area contributed by atoms with Crippen LogP contribution < -0.4 is 5.32 Å². The van der Waals surface area contributed by atoms with Gasteiger partial charge in [0.15, 0.2) is 0 Å². The molecule has 3 heteroatoms. The van der Waals surface area contributed by atoms with Gasteiger partial charge in [0.25, 0.3) is 0 Å². The van der Waals surface area contributed by atoms with Crippen LogP contribution in [0, 0.1) is 0 Å². The number of thioether (sulfide) groups is 1. The number of piperazine rings is 1. The Labute approximate surface area is 111 Å². The van der Waals surface area contributed by atoms with Crippen molar-refractivity contribution in [3.63, 3.8) is 0 Å². The summed E-state index contributed by atoms with van der Waals surface area (Å²) >= 11 is 2.00. The fraction of sp³-hybridized carbons (Fsp3) is 1.00. The van der Waals surface area contributed by atoms with Crippen LogP contribution in [-0.2, 0) is 0 Å². The third-order valence-electron chi connectivity index (χ3n) is 4.52. The molecule has 1 atom stereocenters. The normalized spacial score (nSPS) is 27.2. The van der Waals surface area contributed by atoms with Gasteiger partial charge in [-0.15, -0.1) is 0 Å². The Morgan fingerprint density at radius 2 is 2.06 bits per heavy atom. The molecule has 2 aliphatic rings. The van der Waals surface area contributed by atoms with E-state index >= 15 is 0 Å². The summed E-state index contributed by atoms with van der Waals surface area (Å²) in [4.78, 5) is 2.70. The highest BCUT2D eigenvalue weighted by atomic mass is 32.2. The highest BCUT2D eigenvalue weighted by Crippen LogP contribution is 2.30. The van der Waals surface area contributed by atoms with Crippen LogP contribution in [0.2, 0.25) is 0 Å². The zero-order chi connectivity index (χ0) is 12.1. The first-order chi connectivity index (χ1) is 8.24. The van der Waals surface area contributed by atoms with Crippen molar-refractivity contribution in [1.82, 2.24) is 10.2 Å². The van der Waals surface area contributed by atoms with Gasteiger partial charge < -0.3 is 10.2 Å². The van der Waals surface area contributed by atoms with Gasteiger partial charge in [0, 0.05) is 30.4 Å². The monoisotopic (exact) mass is 256 g/mol. The number of nitrogens with one attached hydrogen (secondary N) is 1. The van der Waals surface area contributed by atoms with E-state index in [9.17, 15) is 0 Å². The van der Waals surface area contributed by atoms with Gasteiger partial charge in [-0.1, -0.05) is 26.2 Å². The molecule has 17 heavy (non-hydrogen) atoms. The van der Waals surface area contributed by atoms with Crippen LogP contribution in [0.5, 0.6) is 0 Å². The van der Waals surface area contributed by atoms with Crippen molar-refractivity contribution in [3.8, 4) is 0 Å². The fourth-order valence-corrected chi connectivity index (χ4v) is 3.62. The van der Waals surface area contributed by atoms with E-state index in [1.807, 2.05) is 11.8 Å². The standard InChI is InChI=1S/C14H28N2S/c1-13(17-2)6-10-16-11-9-15-14(12-16)7-4-3-5-8-14/h13,15H,3-12H2,1-2H3. The third-order valence-corrected chi connectivity index (χ3v) is 5.56. The molecular formula is C14H28N2S. The van der Waals surface area contributed by atoms with E-state index in [2.05, 4.69) is 23.4 Å². The van der Waals surface area contributed by atoms with Crippen LogP contribution in [0.4, 0.5) is 0 Å². The van der Waals surface area contributed by atoms with Crippen LogP contribution in [-0.4, -0.2) is 48.1 Å². The number of rotatable bonds is 4. The molecule has 1 N–H and O–H groups in total. The molecule has 100 valence electrons. The minimum Gasteiger partial charge on any atom is -0.309 e. The predicted molar refractivity (Wildman–Crippen MR) is 77.9 cm³/mol. The van der Waals surface area contributed by atoms with Crippen molar-refractivity contribution < 1.29 is 0 Å².